The van der Waals surface area contributed by atoms with Gasteiger partial charge in [0.1, 0.15) is 0 Å². The number of para-hydroxylation sites is 2. The Hall–Kier alpha value is -1.44. The van der Waals surface area contributed by atoms with Gasteiger partial charge in [-0.15, -0.1) is 0 Å². The van der Waals surface area contributed by atoms with E-state index in [2.05, 4.69) is 9.88 Å². The minimum absolute atomic E-state index is 0.496. The summed E-state index contributed by atoms with van der Waals surface area (Å²) in [6.45, 7) is 0.702. The van der Waals surface area contributed by atoms with Crippen LogP contribution in [-0.2, 0) is 6.42 Å². The molecule has 2 heterocycles. The van der Waals surface area contributed by atoms with Crippen LogP contribution in [0, 0.1) is 0 Å². The van der Waals surface area contributed by atoms with E-state index in [1.165, 1.54) is 11.1 Å². The van der Waals surface area contributed by atoms with Crippen LogP contribution in [0.25, 0.3) is 6.08 Å². The third kappa shape index (κ3) is 2.31. The molecular weight excluding hydrogens is 279 g/mol. The summed E-state index contributed by atoms with van der Waals surface area (Å²) in [4.78, 5) is 4.58. The maximum atomic E-state index is 5.75. The number of fused-ring (bicyclic) bond motifs is 2. The zero-order chi connectivity index (χ0) is 11.5. The predicted molar refractivity (Wildman–Crippen MR) is 68.7 cm³/mol. The number of hydrogen-bond donors (Lipinski definition) is 0. The quantitative estimate of drug-likeness (QED) is 0.695. The van der Waals surface area contributed by atoms with Gasteiger partial charge in [-0.2, -0.15) is 0 Å². The van der Waals surface area contributed by atoms with E-state index in [4.69, 9.17) is 9.47 Å². The van der Waals surface area contributed by atoms with E-state index < -0.39 is 0 Å². The van der Waals surface area contributed by atoms with Crippen molar-refractivity contribution in [3.8, 4) is 11.5 Å². The molecule has 3 heteroatoms. The molecule has 0 fully saturated rings. The van der Waals surface area contributed by atoms with Crippen LogP contribution < -0.4 is 9.47 Å². The van der Waals surface area contributed by atoms with Crippen LogP contribution in [0.15, 0.2) is 40.4 Å². The summed E-state index contributed by atoms with van der Waals surface area (Å²) in [5.74, 6) is 1.59. The summed E-state index contributed by atoms with van der Waals surface area (Å²) in [6, 6.07) is 7.77. The van der Waals surface area contributed by atoms with Crippen LogP contribution in [0.3, 0.4) is 0 Å². The fourth-order valence-corrected chi connectivity index (χ4v) is 3.61. The number of ether oxygens (including phenoxy) is 2. The summed E-state index contributed by atoms with van der Waals surface area (Å²) in [7, 11) is 0. The van der Waals surface area contributed by atoms with Crippen molar-refractivity contribution in [2.24, 2.45) is 0 Å². The van der Waals surface area contributed by atoms with Gasteiger partial charge in [-0.1, -0.05) is 0 Å². The molecule has 0 unspecified atom stereocenters. The first-order valence-electron chi connectivity index (χ1n) is 5.53. The van der Waals surface area contributed by atoms with E-state index in [0.29, 0.717) is 21.1 Å². The first-order valence-corrected chi connectivity index (χ1v) is 7.51. The average Bonchev–Trinajstić information content (AvgIpc) is 2.80. The number of hydrogen-bond acceptors (Lipinski definition) is 2. The Kier molecular flexibility index (Phi) is 3.03. The van der Waals surface area contributed by atoms with Gasteiger partial charge < -0.3 is 0 Å². The first-order chi connectivity index (χ1) is 8.43. The van der Waals surface area contributed by atoms with E-state index in [1.54, 1.807) is 6.26 Å². The molecule has 0 N–H and O–H groups in total. The van der Waals surface area contributed by atoms with Crippen LogP contribution in [0.1, 0.15) is 11.1 Å². The third-order valence-corrected chi connectivity index (χ3v) is 4.40. The van der Waals surface area contributed by atoms with Crippen LogP contribution in [0.5, 0.6) is 11.5 Å². The molecule has 1 aromatic heterocycles. The van der Waals surface area contributed by atoms with Gasteiger partial charge in [0, 0.05) is 0 Å². The van der Waals surface area contributed by atoms with Gasteiger partial charge in [0.05, 0.1) is 0 Å². The molecule has 0 bridgehead atoms. The molecule has 2 nitrogen and oxygen atoms in total. The van der Waals surface area contributed by atoms with Crippen molar-refractivity contribution in [2.75, 3.05) is 6.61 Å². The summed E-state index contributed by atoms with van der Waals surface area (Å²) >= 11 is 0.496. The first kappa shape index (κ1) is 10.7. The normalized spacial score (nSPS) is 16.0. The Morgan fingerprint density at radius 2 is 1.94 bits per heavy atom. The van der Waals surface area contributed by atoms with Gasteiger partial charge in [0.2, 0.25) is 0 Å². The standard InChI is InChI=1S/C14H12O2Se/c1-2-4-14-13(3-1)15-7-5-11-9-17-10-12(11)6-8-16-14/h1-5,7,9-10H,6,8H2/b7-5-. The van der Waals surface area contributed by atoms with Crippen molar-refractivity contribution < 1.29 is 9.47 Å². The molecule has 1 aromatic carbocycles. The molecule has 1 aliphatic rings. The number of benzene rings is 1. The molecule has 17 heavy (non-hydrogen) atoms. The average molecular weight is 291 g/mol. The van der Waals surface area contributed by atoms with E-state index in [0.717, 1.165) is 17.9 Å². The van der Waals surface area contributed by atoms with E-state index in [1.807, 2.05) is 30.3 Å². The van der Waals surface area contributed by atoms with E-state index in [-0.39, 0.29) is 0 Å². The summed E-state index contributed by atoms with van der Waals surface area (Å²) in [6.07, 6.45) is 4.75. The molecule has 86 valence electrons. The molecule has 0 radical (unpaired) electrons. The molecule has 1 aliphatic heterocycles. The molecule has 0 amide bonds. The molecule has 3 rings (SSSR count). The Morgan fingerprint density at radius 3 is 2.88 bits per heavy atom. The van der Waals surface area contributed by atoms with Crippen LogP contribution in [-0.4, -0.2) is 21.1 Å². The van der Waals surface area contributed by atoms with Gasteiger partial charge in [0.15, 0.2) is 0 Å². The molecule has 0 saturated heterocycles. The van der Waals surface area contributed by atoms with Crippen molar-refractivity contribution in [3.63, 3.8) is 0 Å². The molecular formula is C14H12O2Se. The Labute approximate surface area is 106 Å². The van der Waals surface area contributed by atoms with E-state index in [9.17, 15) is 0 Å². The number of rotatable bonds is 0. The van der Waals surface area contributed by atoms with Crippen molar-refractivity contribution >= 4 is 20.6 Å². The van der Waals surface area contributed by atoms with Crippen LogP contribution in [0.4, 0.5) is 0 Å². The van der Waals surface area contributed by atoms with Crippen molar-refractivity contribution in [2.45, 2.75) is 6.42 Å². The zero-order valence-corrected chi connectivity index (χ0v) is 11.0. The summed E-state index contributed by atoms with van der Waals surface area (Å²) < 4.78 is 11.4. The second-order valence-electron chi connectivity index (χ2n) is 3.82. The monoisotopic (exact) mass is 292 g/mol. The molecule has 0 spiro atoms. The molecule has 0 atom stereocenters. The Balaban J connectivity index is 1.94. The fraction of sp³-hybridized carbons (Fsp3) is 0.143. The van der Waals surface area contributed by atoms with Crippen LogP contribution in [0.2, 0.25) is 0 Å². The van der Waals surface area contributed by atoms with Crippen molar-refractivity contribution in [1.29, 1.82) is 0 Å². The zero-order valence-electron chi connectivity index (χ0n) is 9.26. The SMILES string of the molecule is C1=C\c2c[se]cc2CCOc2ccccc2O/1. The Bertz CT molecular complexity index is 543. The van der Waals surface area contributed by atoms with Crippen molar-refractivity contribution in [3.05, 3.63) is 51.5 Å². The molecule has 0 aliphatic carbocycles. The maximum absolute atomic E-state index is 5.75. The van der Waals surface area contributed by atoms with E-state index >= 15 is 0 Å². The molecule has 2 aromatic rings. The predicted octanol–water partition coefficient (Wildman–Crippen LogP) is 2.73. The van der Waals surface area contributed by atoms with Crippen molar-refractivity contribution in [1.82, 2.24) is 0 Å². The minimum atomic E-state index is 0.496. The van der Waals surface area contributed by atoms with Gasteiger partial charge in [-0.3, -0.25) is 0 Å². The Morgan fingerprint density at radius 1 is 1.06 bits per heavy atom. The van der Waals surface area contributed by atoms with Gasteiger partial charge in [0.25, 0.3) is 0 Å². The topological polar surface area (TPSA) is 18.5 Å². The fourth-order valence-electron chi connectivity index (χ4n) is 1.80. The second kappa shape index (κ2) is 4.82. The van der Waals surface area contributed by atoms with Crippen LogP contribution >= 0.6 is 0 Å². The third-order valence-electron chi connectivity index (χ3n) is 2.70. The summed E-state index contributed by atoms with van der Waals surface area (Å²) in [5.41, 5.74) is 2.66. The van der Waals surface area contributed by atoms with Gasteiger partial charge in [-0.25, -0.2) is 0 Å². The second-order valence-corrected chi connectivity index (χ2v) is 5.38. The molecule has 0 saturated carbocycles. The van der Waals surface area contributed by atoms with Gasteiger partial charge >= 0.3 is 106 Å². The summed E-state index contributed by atoms with van der Waals surface area (Å²) in [5, 5.41) is 0. The van der Waals surface area contributed by atoms with Gasteiger partial charge in [-0.05, 0) is 0 Å².